The molecule has 4 rings (SSSR count). The fourth-order valence-corrected chi connectivity index (χ4v) is 3.44. The average Bonchev–Trinajstić information content (AvgIpc) is 3.27. The average molecular weight is 363 g/mol. The SMILES string of the molecule is C1CCNCC1.O=C(O)C(c1ccccc1)(c1ccccc1)c1ncc[nH]1. The van der Waals surface area contributed by atoms with Crippen molar-refractivity contribution < 1.29 is 9.90 Å². The summed E-state index contributed by atoms with van der Waals surface area (Å²) < 4.78 is 0. The molecule has 0 amide bonds. The number of carboxylic acid groups (broad SMARTS) is 1. The van der Waals surface area contributed by atoms with Crippen molar-refractivity contribution in [3.8, 4) is 0 Å². The number of aromatic nitrogens is 2. The summed E-state index contributed by atoms with van der Waals surface area (Å²) in [6.45, 7) is 2.50. The van der Waals surface area contributed by atoms with Crippen LogP contribution >= 0.6 is 0 Å². The molecule has 27 heavy (non-hydrogen) atoms. The van der Waals surface area contributed by atoms with E-state index in [0.29, 0.717) is 17.0 Å². The Labute approximate surface area is 159 Å². The highest BCUT2D eigenvalue weighted by atomic mass is 16.4. The van der Waals surface area contributed by atoms with Crippen molar-refractivity contribution in [2.75, 3.05) is 13.1 Å². The van der Waals surface area contributed by atoms with Gasteiger partial charge in [0.25, 0.3) is 0 Å². The molecular weight excluding hydrogens is 338 g/mol. The van der Waals surface area contributed by atoms with Gasteiger partial charge in [0, 0.05) is 12.4 Å². The Morgan fingerprint density at radius 3 is 1.78 bits per heavy atom. The molecule has 2 heterocycles. The second kappa shape index (κ2) is 9.14. The number of hydrogen-bond donors (Lipinski definition) is 3. The lowest BCUT2D eigenvalue weighted by Crippen LogP contribution is -2.39. The molecule has 140 valence electrons. The number of H-pyrrole nitrogens is 1. The highest BCUT2D eigenvalue weighted by Gasteiger charge is 2.46. The van der Waals surface area contributed by atoms with E-state index in [0.717, 1.165) is 0 Å². The lowest BCUT2D eigenvalue weighted by Gasteiger charge is -2.28. The van der Waals surface area contributed by atoms with Gasteiger partial charge in [-0.1, -0.05) is 67.1 Å². The molecule has 5 nitrogen and oxygen atoms in total. The molecule has 0 saturated carbocycles. The number of benzene rings is 2. The normalized spacial score (nSPS) is 14.1. The number of nitrogens with one attached hydrogen (secondary N) is 2. The van der Waals surface area contributed by atoms with Crippen LogP contribution in [0.5, 0.6) is 0 Å². The number of nitrogens with zero attached hydrogens (tertiary/aromatic N) is 1. The Kier molecular flexibility index (Phi) is 6.39. The van der Waals surface area contributed by atoms with Crippen molar-refractivity contribution >= 4 is 5.97 Å². The van der Waals surface area contributed by atoms with Crippen LogP contribution in [0.1, 0.15) is 36.2 Å². The highest BCUT2D eigenvalue weighted by Crippen LogP contribution is 2.37. The van der Waals surface area contributed by atoms with Crippen molar-refractivity contribution in [1.29, 1.82) is 0 Å². The van der Waals surface area contributed by atoms with E-state index in [2.05, 4.69) is 15.3 Å². The minimum absolute atomic E-state index is 0.396. The second-order valence-corrected chi connectivity index (χ2v) is 6.54. The summed E-state index contributed by atoms with van der Waals surface area (Å²) in [7, 11) is 0. The Morgan fingerprint density at radius 1 is 0.889 bits per heavy atom. The van der Waals surface area contributed by atoms with Gasteiger partial charge in [0.15, 0.2) is 5.41 Å². The Bertz CT molecular complexity index is 762. The van der Waals surface area contributed by atoms with E-state index in [1.54, 1.807) is 12.4 Å². The number of imidazole rings is 1. The number of carboxylic acids is 1. The fraction of sp³-hybridized carbons (Fsp3) is 0.273. The summed E-state index contributed by atoms with van der Waals surface area (Å²) in [5, 5.41) is 13.3. The van der Waals surface area contributed by atoms with Gasteiger partial charge in [-0.3, -0.25) is 4.79 Å². The molecular formula is C22H25N3O2. The molecule has 3 aromatic rings. The van der Waals surface area contributed by atoms with Crippen molar-refractivity contribution in [3.63, 3.8) is 0 Å². The number of rotatable bonds is 4. The third-order valence-electron chi connectivity index (χ3n) is 4.79. The molecule has 1 aliphatic heterocycles. The smallest absolute Gasteiger partial charge is 0.326 e. The summed E-state index contributed by atoms with van der Waals surface area (Å²) in [6.07, 6.45) is 7.42. The standard InChI is InChI=1S/C17H14N2O2.C5H11N/c20-16(21)17(15-18-11-12-19-15,13-7-3-1-4-8-13)14-9-5-2-6-10-14;1-2-4-6-5-3-1/h1-12H,(H,18,19)(H,20,21);6H,1-5H2. The largest absolute Gasteiger partial charge is 0.480 e. The van der Waals surface area contributed by atoms with Crippen LogP contribution in [-0.4, -0.2) is 34.1 Å². The minimum atomic E-state index is -1.34. The van der Waals surface area contributed by atoms with Crippen LogP contribution in [0.4, 0.5) is 0 Å². The lowest BCUT2D eigenvalue weighted by molar-refractivity contribution is -0.140. The maximum Gasteiger partial charge on any atom is 0.326 e. The summed E-state index contributed by atoms with van der Waals surface area (Å²) in [5.41, 5.74) is -0.0104. The molecule has 1 saturated heterocycles. The first-order valence-corrected chi connectivity index (χ1v) is 9.31. The molecule has 0 bridgehead atoms. The van der Waals surface area contributed by atoms with Gasteiger partial charge in [0.1, 0.15) is 5.82 Å². The van der Waals surface area contributed by atoms with Gasteiger partial charge in [0.2, 0.25) is 0 Å². The predicted molar refractivity (Wildman–Crippen MR) is 106 cm³/mol. The van der Waals surface area contributed by atoms with Crippen LogP contribution in [0.15, 0.2) is 73.1 Å². The van der Waals surface area contributed by atoms with Crippen molar-refractivity contribution in [1.82, 2.24) is 15.3 Å². The van der Waals surface area contributed by atoms with Gasteiger partial charge >= 0.3 is 5.97 Å². The Morgan fingerprint density at radius 2 is 1.44 bits per heavy atom. The lowest BCUT2D eigenvalue weighted by atomic mass is 9.73. The van der Waals surface area contributed by atoms with Gasteiger partial charge < -0.3 is 15.4 Å². The van der Waals surface area contributed by atoms with Gasteiger partial charge in [0.05, 0.1) is 0 Å². The zero-order valence-corrected chi connectivity index (χ0v) is 15.3. The number of aromatic amines is 1. The van der Waals surface area contributed by atoms with Crippen molar-refractivity contribution in [2.24, 2.45) is 0 Å². The van der Waals surface area contributed by atoms with E-state index in [1.165, 1.54) is 32.4 Å². The molecule has 0 aliphatic carbocycles. The second-order valence-electron chi connectivity index (χ2n) is 6.54. The van der Waals surface area contributed by atoms with E-state index < -0.39 is 11.4 Å². The Hall–Kier alpha value is -2.92. The van der Waals surface area contributed by atoms with Crippen LogP contribution < -0.4 is 5.32 Å². The molecule has 2 aromatic carbocycles. The van der Waals surface area contributed by atoms with Crippen LogP contribution in [0.25, 0.3) is 0 Å². The van der Waals surface area contributed by atoms with Crippen molar-refractivity contribution in [3.05, 3.63) is 90.0 Å². The third-order valence-corrected chi connectivity index (χ3v) is 4.79. The summed E-state index contributed by atoms with van der Waals surface area (Å²) in [4.78, 5) is 19.5. The monoisotopic (exact) mass is 363 g/mol. The molecule has 1 aromatic heterocycles. The molecule has 0 atom stereocenters. The topological polar surface area (TPSA) is 78.0 Å². The first-order chi connectivity index (χ1) is 13.3. The number of hydrogen-bond acceptors (Lipinski definition) is 3. The summed E-state index contributed by atoms with van der Waals surface area (Å²) in [6, 6.07) is 18.3. The van der Waals surface area contributed by atoms with E-state index >= 15 is 0 Å². The molecule has 1 aliphatic rings. The van der Waals surface area contributed by atoms with Gasteiger partial charge in [-0.25, -0.2) is 4.98 Å². The fourth-order valence-electron chi connectivity index (χ4n) is 3.44. The quantitative estimate of drug-likeness (QED) is 0.662. The molecule has 0 unspecified atom stereocenters. The van der Waals surface area contributed by atoms with E-state index in [-0.39, 0.29) is 0 Å². The first-order valence-electron chi connectivity index (χ1n) is 9.31. The van der Waals surface area contributed by atoms with E-state index in [9.17, 15) is 9.90 Å². The predicted octanol–water partition coefficient (Wildman–Crippen LogP) is 3.59. The number of carbonyl (C=O) groups is 1. The minimum Gasteiger partial charge on any atom is -0.480 e. The van der Waals surface area contributed by atoms with Crippen LogP contribution in [0.2, 0.25) is 0 Å². The maximum atomic E-state index is 12.3. The van der Waals surface area contributed by atoms with Gasteiger partial charge in [-0.15, -0.1) is 0 Å². The molecule has 1 fully saturated rings. The zero-order chi connectivity index (χ0) is 19.0. The van der Waals surface area contributed by atoms with Gasteiger partial charge in [-0.05, 0) is 37.1 Å². The number of piperidine rings is 1. The summed E-state index contributed by atoms with van der Waals surface area (Å²) >= 11 is 0. The molecule has 0 radical (unpaired) electrons. The van der Waals surface area contributed by atoms with Gasteiger partial charge in [-0.2, -0.15) is 0 Å². The molecule has 3 N–H and O–H groups in total. The van der Waals surface area contributed by atoms with E-state index in [1.807, 2.05) is 60.7 Å². The molecule has 5 heteroatoms. The van der Waals surface area contributed by atoms with Crippen LogP contribution in [-0.2, 0) is 10.2 Å². The van der Waals surface area contributed by atoms with Crippen molar-refractivity contribution in [2.45, 2.75) is 24.7 Å². The first kappa shape index (κ1) is 18.9. The highest BCUT2D eigenvalue weighted by molar-refractivity contribution is 5.89. The maximum absolute atomic E-state index is 12.3. The zero-order valence-electron chi connectivity index (χ0n) is 15.3. The number of aliphatic carboxylic acids is 1. The van der Waals surface area contributed by atoms with Crippen LogP contribution in [0, 0.1) is 0 Å². The van der Waals surface area contributed by atoms with E-state index in [4.69, 9.17) is 0 Å². The Balaban J connectivity index is 0.000000299. The van der Waals surface area contributed by atoms with Crippen LogP contribution in [0.3, 0.4) is 0 Å². The summed E-state index contributed by atoms with van der Waals surface area (Å²) in [5.74, 6) is -0.567. The molecule has 0 spiro atoms. The third kappa shape index (κ3) is 4.09.